The van der Waals surface area contributed by atoms with Crippen LogP contribution in [0.2, 0.25) is 0 Å². The molecule has 0 spiro atoms. The van der Waals surface area contributed by atoms with Gasteiger partial charge in [0.15, 0.2) is 5.13 Å². The Bertz CT molecular complexity index is 197. The Morgan fingerprint density at radius 3 is 2.67 bits per heavy atom. The minimum absolute atomic E-state index is 0. The van der Waals surface area contributed by atoms with E-state index in [2.05, 4.69) is 11.6 Å². The zero-order chi connectivity index (χ0) is 5.98. The predicted molar refractivity (Wildman–Crippen MR) is 43.9 cm³/mol. The highest BCUT2D eigenvalue weighted by molar-refractivity contribution is 7.13. The van der Waals surface area contributed by atoms with E-state index in [4.69, 9.17) is 5.73 Å². The third-order valence-corrected chi connectivity index (χ3v) is 1.44. The smallest absolute Gasteiger partial charge is 0.180 e. The van der Waals surface area contributed by atoms with Crippen molar-refractivity contribution in [3.63, 3.8) is 0 Å². The maximum atomic E-state index is 5.31. The molecule has 0 saturated carbocycles. The zero-order valence-electron chi connectivity index (χ0n) is 4.70. The molecule has 0 radical (unpaired) electrons. The van der Waals surface area contributed by atoms with Gasteiger partial charge in [-0.2, -0.15) is 0 Å². The van der Waals surface area contributed by atoms with Crippen molar-refractivity contribution in [2.45, 2.75) is 0 Å². The summed E-state index contributed by atoms with van der Waals surface area (Å²) in [4.78, 5) is 3.91. The number of halogens is 1. The second kappa shape index (κ2) is 3.48. The van der Waals surface area contributed by atoms with E-state index in [0.717, 1.165) is 5.69 Å². The summed E-state index contributed by atoms with van der Waals surface area (Å²) in [6, 6.07) is 0. The fourth-order valence-electron chi connectivity index (χ4n) is 0.394. The summed E-state index contributed by atoms with van der Waals surface area (Å²) >= 11 is 1.42. The van der Waals surface area contributed by atoms with E-state index < -0.39 is 0 Å². The monoisotopic (exact) mass is 162 g/mol. The molecule has 0 aliphatic rings. The molecule has 0 fully saturated rings. The molecular weight excluding hydrogens is 156 g/mol. The minimum Gasteiger partial charge on any atom is -0.375 e. The zero-order valence-corrected chi connectivity index (χ0v) is 6.34. The lowest BCUT2D eigenvalue weighted by atomic mass is 10.5. The van der Waals surface area contributed by atoms with Gasteiger partial charge in [-0.3, -0.25) is 0 Å². The Kier molecular flexibility index (Phi) is 3.27. The third kappa shape index (κ3) is 2.03. The first-order valence-electron chi connectivity index (χ1n) is 2.16. The van der Waals surface area contributed by atoms with Gasteiger partial charge in [0.1, 0.15) is 0 Å². The third-order valence-electron chi connectivity index (χ3n) is 0.749. The van der Waals surface area contributed by atoms with Crippen LogP contribution >= 0.6 is 23.7 Å². The van der Waals surface area contributed by atoms with Crippen molar-refractivity contribution in [3.05, 3.63) is 17.7 Å². The number of aromatic nitrogens is 1. The molecule has 50 valence electrons. The highest BCUT2D eigenvalue weighted by atomic mass is 35.5. The Morgan fingerprint density at radius 2 is 2.44 bits per heavy atom. The van der Waals surface area contributed by atoms with Crippen LogP contribution in [0.3, 0.4) is 0 Å². The Labute approximate surface area is 63.8 Å². The lowest BCUT2D eigenvalue weighted by Gasteiger charge is -1.74. The molecule has 0 aromatic carbocycles. The summed E-state index contributed by atoms with van der Waals surface area (Å²) in [5.41, 5.74) is 6.17. The molecule has 0 aliphatic carbocycles. The first-order valence-corrected chi connectivity index (χ1v) is 3.04. The molecule has 1 heterocycles. The van der Waals surface area contributed by atoms with Gasteiger partial charge in [0, 0.05) is 5.38 Å². The van der Waals surface area contributed by atoms with Crippen LogP contribution in [0.15, 0.2) is 12.0 Å². The van der Waals surface area contributed by atoms with Gasteiger partial charge >= 0.3 is 0 Å². The topological polar surface area (TPSA) is 38.9 Å². The highest BCUT2D eigenvalue weighted by Gasteiger charge is 1.89. The van der Waals surface area contributed by atoms with Crippen LogP contribution in [0.1, 0.15) is 5.69 Å². The predicted octanol–water partition coefficient (Wildman–Crippen LogP) is 1.79. The van der Waals surface area contributed by atoms with Crippen molar-refractivity contribution >= 4 is 35.0 Å². The molecule has 0 aliphatic heterocycles. The second-order valence-corrected chi connectivity index (χ2v) is 2.20. The number of thiazole rings is 1. The molecule has 2 N–H and O–H groups in total. The molecule has 4 heteroatoms. The number of hydrogen-bond acceptors (Lipinski definition) is 3. The van der Waals surface area contributed by atoms with Crippen molar-refractivity contribution in [2.75, 3.05) is 5.73 Å². The second-order valence-electron chi connectivity index (χ2n) is 1.31. The fourth-order valence-corrected chi connectivity index (χ4v) is 0.943. The van der Waals surface area contributed by atoms with Crippen LogP contribution in [0.25, 0.3) is 6.08 Å². The van der Waals surface area contributed by atoms with E-state index >= 15 is 0 Å². The summed E-state index contributed by atoms with van der Waals surface area (Å²) in [6.45, 7) is 3.53. The summed E-state index contributed by atoms with van der Waals surface area (Å²) in [6.07, 6.45) is 1.67. The van der Waals surface area contributed by atoms with E-state index in [1.165, 1.54) is 11.3 Å². The van der Waals surface area contributed by atoms with Gasteiger partial charge in [0.25, 0.3) is 0 Å². The summed E-state index contributed by atoms with van der Waals surface area (Å²) in [5.74, 6) is 0. The summed E-state index contributed by atoms with van der Waals surface area (Å²) in [7, 11) is 0. The Balaban J connectivity index is 0.000000640. The van der Waals surface area contributed by atoms with Crippen LogP contribution < -0.4 is 5.73 Å². The van der Waals surface area contributed by atoms with E-state index in [1.807, 2.05) is 5.38 Å². The van der Waals surface area contributed by atoms with Crippen molar-refractivity contribution in [1.82, 2.24) is 4.98 Å². The summed E-state index contributed by atoms with van der Waals surface area (Å²) in [5, 5.41) is 2.46. The minimum atomic E-state index is 0. The maximum Gasteiger partial charge on any atom is 0.180 e. The van der Waals surface area contributed by atoms with Crippen LogP contribution in [0.4, 0.5) is 5.13 Å². The van der Waals surface area contributed by atoms with Crippen LogP contribution in [-0.4, -0.2) is 4.98 Å². The van der Waals surface area contributed by atoms with E-state index in [1.54, 1.807) is 6.08 Å². The molecule has 1 aromatic rings. The lowest BCUT2D eigenvalue weighted by molar-refractivity contribution is 1.39. The van der Waals surface area contributed by atoms with Crippen molar-refractivity contribution in [1.29, 1.82) is 0 Å². The van der Waals surface area contributed by atoms with Gasteiger partial charge in [-0.05, 0) is 6.08 Å². The van der Waals surface area contributed by atoms with Gasteiger partial charge < -0.3 is 5.73 Å². The molecule has 0 atom stereocenters. The molecule has 1 aromatic heterocycles. The van der Waals surface area contributed by atoms with Gasteiger partial charge in [-0.15, -0.1) is 23.7 Å². The Morgan fingerprint density at radius 1 is 1.78 bits per heavy atom. The van der Waals surface area contributed by atoms with Crippen LogP contribution in [0, 0.1) is 0 Å². The quantitative estimate of drug-likeness (QED) is 0.684. The average molecular weight is 163 g/mol. The largest absolute Gasteiger partial charge is 0.375 e. The number of nitrogens with two attached hydrogens (primary N) is 1. The van der Waals surface area contributed by atoms with Crippen molar-refractivity contribution < 1.29 is 0 Å². The molecule has 0 amide bonds. The first-order chi connectivity index (χ1) is 3.83. The van der Waals surface area contributed by atoms with Gasteiger partial charge in [-0.25, -0.2) is 4.98 Å². The van der Waals surface area contributed by atoms with Crippen LogP contribution in [-0.2, 0) is 0 Å². The molecule has 2 nitrogen and oxygen atoms in total. The van der Waals surface area contributed by atoms with Crippen molar-refractivity contribution in [2.24, 2.45) is 0 Å². The van der Waals surface area contributed by atoms with E-state index in [0.29, 0.717) is 5.13 Å². The standard InChI is InChI=1S/C5H6N2S.ClH/c1-2-4-3-8-5(6)7-4;/h2-3H,1H2,(H2,6,7);1H. The van der Waals surface area contributed by atoms with Crippen LogP contribution in [0.5, 0.6) is 0 Å². The van der Waals surface area contributed by atoms with Gasteiger partial charge in [0.05, 0.1) is 5.69 Å². The average Bonchev–Trinajstić information content (AvgIpc) is 2.14. The normalized spacial score (nSPS) is 8.00. The first kappa shape index (κ1) is 8.46. The SMILES string of the molecule is C=Cc1csc(N)n1.Cl. The molecule has 1 rings (SSSR count). The molecule has 9 heavy (non-hydrogen) atoms. The maximum absolute atomic E-state index is 5.31. The lowest BCUT2D eigenvalue weighted by Crippen LogP contribution is -1.80. The number of rotatable bonds is 1. The highest BCUT2D eigenvalue weighted by Crippen LogP contribution is 2.10. The van der Waals surface area contributed by atoms with E-state index in [9.17, 15) is 0 Å². The number of nitrogens with zero attached hydrogens (tertiary/aromatic N) is 1. The molecule has 0 unspecified atom stereocenters. The molecular formula is C5H7ClN2S. The Hall–Kier alpha value is -0.540. The number of hydrogen-bond donors (Lipinski definition) is 1. The molecule has 0 bridgehead atoms. The van der Waals surface area contributed by atoms with Crippen molar-refractivity contribution in [3.8, 4) is 0 Å². The van der Waals surface area contributed by atoms with E-state index in [-0.39, 0.29) is 12.4 Å². The fraction of sp³-hybridized carbons (Fsp3) is 0. The number of nitrogen functional groups attached to an aromatic ring is 1. The molecule has 0 saturated heterocycles. The van der Waals surface area contributed by atoms with Gasteiger partial charge in [0.2, 0.25) is 0 Å². The summed E-state index contributed by atoms with van der Waals surface area (Å²) < 4.78 is 0. The number of anilines is 1. The van der Waals surface area contributed by atoms with Gasteiger partial charge in [-0.1, -0.05) is 6.58 Å².